The molecule has 2 aliphatic rings. The maximum Gasteiger partial charge on any atom is 0.0543 e. The highest BCUT2D eigenvalue weighted by atomic mass is 16.3. The summed E-state index contributed by atoms with van der Waals surface area (Å²) in [6, 6.07) is 10.7. The highest BCUT2D eigenvalue weighted by Crippen LogP contribution is 2.36. The van der Waals surface area contributed by atoms with Crippen molar-refractivity contribution in [2.45, 2.75) is 31.8 Å². The number of aliphatic hydroxyl groups excluding tert-OH is 1. The Morgan fingerprint density at radius 2 is 1.83 bits per heavy atom. The molecule has 1 saturated carbocycles. The third-order valence-corrected chi connectivity index (χ3v) is 4.66. The molecule has 0 radical (unpaired) electrons. The Kier molecular flexibility index (Phi) is 3.67. The van der Waals surface area contributed by atoms with Gasteiger partial charge in [-0.2, -0.15) is 0 Å². The molecule has 1 heterocycles. The number of rotatable bonds is 3. The molecule has 1 aromatic carbocycles. The summed E-state index contributed by atoms with van der Waals surface area (Å²) in [5.74, 6) is 1.61. The zero-order valence-electron chi connectivity index (χ0n) is 11.0. The molecule has 1 aliphatic heterocycles. The van der Waals surface area contributed by atoms with Crippen molar-refractivity contribution < 1.29 is 5.11 Å². The Bertz CT molecular complexity index is 378. The predicted octanol–water partition coefficient (Wildman–Crippen LogP) is 2.32. The maximum atomic E-state index is 9.73. The van der Waals surface area contributed by atoms with Crippen LogP contribution in [0.25, 0.3) is 0 Å². The Morgan fingerprint density at radius 3 is 2.67 bits per heavy atom. The lowest BCUT2D eigenvalue weighted by atomic mass is 9.80. The van der Waals surface area contributed by atoms with E-state index >= 15 is 0 Å². The van der Waals surface area contributed by atoms with E-state index in [0.29, 0.717) is 0 Å². The molecule has 1 aliphatic carbocycles. The van der Waals surface area contributed by atoms with Crippen LogP contribution in [-0.4, -0.2) is 35.7 Å². The van der Waals surface area contributed by atoms with Crippen LogP contribution in [0.5, 0.6) is 0 Å². The zero-order chi connectivity index (χ0) is 12.4. The van der Waals surface area contributed by atoms with Crippen molar-refractivity contribution in [2.75, 3.05) is 19.6 Å². The SMILES string of the molecule is OC1CC[C@H]2CN(CCc3ccccc3)C[C@H]2C1. The molecule has 18 heavy (non-hydrogen) atoms. The molecule has 3 atom stereocenters. The van der Waals surface area contributed by atoms with E-state index < -0.39 is 0 Å². The van der Waals surface area contributed by atoms with Crippen LogP contribution in [0.2, 0.25) is 0 Å². The predicted molar refractivity (Wildman–Crippen MR) is 73.4 cm³/mol. The van der Waals surface area contributed by atoms with Crippen LogP contribution in [0.15, 0.2) is 30.3 Å². The van der Waals surface area contributed by atoms with Crippen molar-refractivity contribution >= 4 is 0 Å². The van der Waals surface area contributed by atoms with Gasteiger partial charge < -0.3 is 10.0 Å². The van der Waals surface area contributed by atoms with Crippen LogP contribution in [0.3, 0.4) is 0 Å². The molecule has 3 rings (SSSR count). The van der Waals surface area contributed by atoms with Crippen molar-refractivity contribution in [1.29, 1.82) is 0 Å². The topological polar surface area (TPSA) is 23.5 Å². The summed E-state index contributed by atoms with van der Waals surface area (Å²) in [7, 11) is 0. The van der Waals surface area contributed by atoms with Crippen LogP contribution >= 0.6 is 0 Å². The minimum atomic E-state index is -0.0275. The van der Waals surface area contributed by atoms with E-state index in [1.54, 1.807) is 0 Å². The van der Waals surface area contributed by atoms with E-state index in [1.807, 2.05) is 0 Å². The van der Waals surface area contributed by atoms with Crippen LogP contribution in [0.4, 0.5) is 0 Å². The van der Waals surface area contributed by atoms with Gasteiger partial charge in [-0.3, -0.25) is 0 Å². The molecule has 1 aromatic rings. The van der Waals surface area contributed by atoms with Crippen LogP contribution in [0, 0.1) is 11.8 Å². The number of nitrogens with zero attached hydrogens (tertiary/aromatic N) is 1. The molecular formula is C16H23NO. The Balaban J connectivity index is 1.50. The lowest BCUT2D eigenvalue weighted by Crippen LogP contribution is -2.26. The van der Waals surface area contributed by atoms with Gasteiger partial charge in [-0.25, -0.2) is 0 Å². The number of likely N-dealkylation sites (tertiary alicyclic amines) is 1. The fourth-order valence-corrected chi connectivity index (χ4v) is 3.62. The largest absolute Gasteiger partial charge is 0.393 e. The first kappa shape index (κ1) is 12.2. The first-order valence-electron chi connectivity index (χ1n) is 7.25. The molecule has 0 aromatic heterocycles. The monoisotopic (exact) mass is 245 g/mol. The summed E-state index contributed by atoms with van der Waals surface area (Å²) in [4.78, 5) is 2.60. The minimum absolute atomic E-state index is 0.0275. The van der Waals surface area contributed by atoms with E-state index in [0.717, 1.165) is 31.1 Å². The summed E-state index contributed by atoms with van der Waals surface area (Å²) in [6.07, 6.45) is 4.41. The summed E-state index contributed by atoms with van der Waals surface area (Å²) in [5, 5.41) is 9.73. The lowest BCUT2D eigenvalue weighted by Gasteiger charge is -2.27. The van der Waals surface area contributed by atoms with Gasteiger partial charge in [0.05, 0.1) is 6.10 Å². The number of hydrogen-bond acceptors (Lipinski definition) is 2. The van der Waals surface area contributed by atoms with E-state index in [2.05, 4.69) is 35.2 Å². The van der Waals surface area contributed by atoms with Gasteiger partial charge in [0, 0.05) is 19.6 Å². The number of hydrogen-bond donors (Lipinski definition) is 1. The molecular weight excluding hydrogens is 222 g/mol. The average molecular weight is 245 g/mol. The Labute approximate surface area is 110 Å². The smallest absolute Gasteiger partial charge is 0.0543 e. The molecule has 1 saturated heterocycles. The second kappa shape index (κ2) is 5.41. The third-order valence-electron chi connectivity index (χ3n) is 4.66. The van der Waals surface area contributed by atoms with Crippen LogP contribution in [-0.2, 0) is 6.42 Å². The molecule has 1 unspecified atom stereocenters. The van der Waals surface area contributed by atoms with Gasteiger partial charge in [0.2, 0.25) is 0 Å². The zero-order valence-corrected chi connectivity index (χ0v) is 11.0. The van der Waals surface area contributed by atoms with Crippen molar-refractivity contribution in [3.63, 3.8) is 0 Å². The van der Waals surface area contributed by atoms with Gasteiger partial charge in [0.1, 0.15) is 0 Å². The lowest BCUT2D eigenvalue weighted by molar-refractivity contribution is 0.0865. The molecule has 0 spiro atoms. The van der Waals surface area contributed by atoms with Crippen LogP contribution < -0.4 is 0 Å². The third kappa shape index (κ3) is 2.76. The standard InChI is InChI=1S/C16H23NO/c18-16-7-6-14-11-17(12-15(14)10-16)9-8-13-4-2-1-3-5-13/h1-5,14-16,18H,6-12H2/t14-,15+,16?/m0/s1. The molecule has 2 heteroatoms. The quantitative estimate of drug-likeness (QED) is 0.883. The number of aliphatic hydroxyl groups is 1. The Hall–Kier alpha value is -0.860. The maximum absolute atomic E-state index is 9.73. The van der Waals surface area contributed by atoms with E-state index in [1.165, 1.54) is 31.6 Å². The fourth-order valence-electron chi connectivity index (χ4n) is 3.62. The Morgan fingerprint density at radius 1 is 1.06 bits per heavy atom. The summed E-state index contributed by atoms with van der Waals surface area (Å²) in [6.45, 7) is 3.63. The van der Waals surface area contributed by atoms with Gasteiger partial charge in [-0.1, -0.05) is 30.3 Å². The fraction of sp³-hybridized carbons (Fsp3) is 0.625. The molecule has 0 amide bonds. The van der Waals surface area contributed by atoms with E-state index in [-0.39, 0.29) is 6.10 Å². The number of fused-ring (bicyclic) bond motifs is 1. The van der Waals surface area contributed by atoms with Gasteiger partial charge in [-0.05, 0) is 43.1 Å². The summed E-state index contributed by atoms with van der Waals surface area (Å²) >= 11 is 0. The summed E-state index contributed by atoms with van der Waals surface area (Å²) < 4.78 is 0. The van der Waals surface area contributed by atoms with E-state index in [4.69, 9.17) is 0 Å². The van der Waals surface area contributed by atoms with Gasteiger partial charge in [0.25, 0.3) is 0 Å². The van der Waals surface area contributed by atoms with E-state index in [9.17, 15) is 5.11 Å². The normalized spacial score (nSPS) is 32.4. The second-order valence-corrected chi connectivity index (χ2v) is 5.98. The molecule has 0 bridgehead atoms. The molecule has 2 fully saturated rings. The number of benzene rings is 1. The molecule has 98 valence electrons. The van der Waals surface area contributed by atoms with Crippen molar-refractivity contribution in [2.24, 2.45) is 11.8 Å². The highest BCUT2D eigenvalue weighted by Gasteiger charge is 2.36. The highest BCUT2D eigenvalue weighted by molar-refractivity contribution is 5.15. The average Bonchev–Trinajstić information content (AvgIpc) is 2.79. The van der Waals surface area contributed by atoms with Crippen molar-refractivity contribution in [3.8, 4) is 0 Å². The molecule has 1 N–H and O–H groups in total. The van der Waals surface area contributed by atoms with Crippen LogP contribution in [0.1, 0.15) is 24.8 Å². The van der Waals surface area contributed by atoms with Crippen molar-refractivity contribution in [1.82, 2.24) is 4.90 Å². The minimum Gasteiger partial charge on any atom is -0.393 e. The first-order chi connectivity index (χ1) is 8.81. The van der Waals surface area contributed by atoms with Gasteiger partial charge in [-0.15, -0.1) is 0 Å². The van der Waals surface area contributed by atoms with Crippen molar-refractivity contribution in [3.05, 3.63) is 35.9 Å². The first-order valence-corrected chi connectivity index (χ1v) is 7.25. The molecule has 2 nitrogen and oxygen atoms in total. The summed E-state index contributed by atoms with van der Waals surface area (Å²) in [5.41, 5.74) is 1.44. The van der Waals surface area contributed by atoms with Gasteiger partial charge >= 0.3 is 0 Å². The second-order valence-electron chi connectivity index (χ2n) is 5.98. The van der Waals surface area contributed by atoms with Gasteiger partial charge in [0.15, 0.2) is 0 Å².